The Labute approximate surface area is 140 Å². The van der Waals surface area contributed by atoms with E-state index in [-0.39, 0.29) is 18.4 Å². The Hall–Kier alpha value is -2.56. The number of rotatable bonds is 4. The minimum absolute atomic E-state index is 0.0235. The van der Waals surface area contributed by atoms with E-state index in [0.29, 0.717) is 11.3 Å². The van der Waals surface area contributed by atoms with E-state index in [1.54, 1.807) is 0 Å². The van der Waals surface area contributed by atoms with Gasteiger partial charge in [-0.25, -0.2) is 0 Å². The van der Waals surface area contributed by atoms with Crippen molar-refractivity contribution in [2.24, 2.45) is 0 Å². The number of benzene rings is 1. The van der Waals surface area contributed by atoms with Gasteiger partial charge in [0.2, 0.25) is 0 Å². The van der Waals surface area contributed by atoms with Crippen LogP contribution in [0, 0.1) is 0 Å². The number of aromatic amines is 1. The Morgan fingerprint density at radius 2 is 2.04 bits per heavy atom. The molecule has 2 aromatic rings. The molecule has 5 nitrogen and oxygen atoms in total. The first kappa shape index (κ1) is 16.3. The highest BCUT2D eigenvalue weighted by Gasteiger charge is 2.24. The first-order valence-electron chi connectivity index (χ1n) is 8.26. The third-order valence-corrected chi connectivity index (χ3v) is 4.91. The van der Waals surface area contributed by atoms with E-state index in [1.807, 2.05) is 24.3 Å². The number of H-pyrrole nitrogens is 1. The zero-order valence-corrected chi connectivity index (χ0v) is 14.0. The van der Waals surface area contributed by atoms with Crippen LogP contribution in [0.5, 0.6) is 0 Å². The topological polar surface area (TPSA) is 82.2 Å². The molecular formula is C19H22N2O3. The molecule has 0 radical (unpaired) electrons. The number of amides is 1. The molecule has 0 saturated heterocycles. The van der Waals surface area contributed by atoms with Crippen LogP contribution in [0.3, 0.4) is 0 Å². The van der Waals surface area contributed by atoms with Crippen LogP contribution in [0.2, 0.25) is 0 Å². The average molecular weight is 326 g/mol. The van der Waals surface area contributed by atoms with Gasteiger partial charge in [0.15, 0.2) is 0 Å². The van der Waals surface area contributed by atoms with Gasteiger partial charge in [-0.05, 0) is 39.2 Å². The minimum Gasteiger partial charge on any atom is -0.481 e. The van der Waals surface area contributed by atoms with Crippen molar-refractivity contribution in [2.45, 2.75) is 45.6 Å². The number of aromatic nitrogens is 1. The first-order chi connectivity index (χ1) is 11.5. The van der Waals surface area contributed by atoms with Crippen LogP contribution in [0.4, 0.5) is 0 Å². The molecule has 1 amide bonds. The van der Waals surface area contributed by atoms with Gasteiger partial charge < -0.3 is 15.4 Å². The lowest BCUT2D eigenvalue weighted by atomic mass is 9.89. The summed E-state index contributed by atoms with van der Waals surface area (Å²) in [6.45, 7) is 4.16. The molecule has 0 fully saturated rings. The second kappa shape index (κ2) is 6.51. The van der Waals surface area contributed by atoms with Crippen molar-refractivity contribution in [1.29, 1.82) is 0 Å². The number of hydrogen-bond donors (Lipinski definition) is 3. The lowest BCUT2D eigenvalue weighted by Crippen LogP contribution is -2.38. The van der Waals surface area contributed by atoms with Crippen molar-refractivity contribution in [2.75, 3.05) is 0 Å². The molecule has 0 spiro atoms. The van der Waals surface area contributed by atoms with E-state index in [9.17, 15) is 14.7 Å². The van der Waals surface area contributed by atoms with Gasteiger partial charge in [0, 0.05) is 16.5 Å². The number of allylic oxidation sites excluding steroid dienone is 1. The Kier molecular flexibility index (Phi) is 4.42. The predicted molar refractivity (Wildman–Crippen MR) is 93.1 cm³/mol. The van der Waals surface area contributed by atoms with Gasteiger partial charge in [-0.15, -0.1) is 0 Å². The third kappa shape index (κ3) is 3.07. The van der Waals surface area contributed by atoms with Crippen molar-refractivity contribution >= 4 is 22.8 Å². The number of nitrogens with one attached hydrogen (secondary N) is 2. The van der Waals surface area contributed by atoms with Crippen LogP contribution in [0.25, 0.3) is 10.9 Å². The van der Waals surface area contributed by atoms with E-state index in [1.165, 1.54) is 11.1 Å². The lowest BCUT2D eigenvalue weighted by molar-refractivity contribution is -0.136. The Bertz CT molecular complexity index is 832. The maximum atomic E-state index is 12.8. The second-order valence-corrected chi connectivity index (χ2v) is 6.48. The Morgan fingerprint density at radius 3 is 2.79 bits per heavy atom. The Balaban J connectivity index is 1.94. The number of carboxylic acid groups (broad SMARTS) is 1. The van der Waals surface area contributed by atoms with Crippen LogP contribution in [-0.4, -0.2) is 28.0 Å². The monoisotopic (exact) mass is 326 g/mol. The average Bonchev–Trinajstić information content (AvgIpc) is 2.90. The first-order valence-corrected chi connectivity index (χ1v) is 8.26. The molecular weight excluding hydrogens is 304 g/mol. The molecule has 1 unspecified atom stereocenters. The molecule has 1 aromatic carbocycles. The lowest BCUT2D eigenvalue weighted by Gasteiger charge is -2.26. The van der Waals surface area contributed by atoms with Crippen molar-refractivity contribution < 1.29 is 14.7 Å². The summed E-state index contributed by atoms with van der Waals surface area (Å²) in [4.78, 5) is 27.1. The van der Waals surface area contributed by atoms with Crippen molar-refractivity contribution in [1.82, 2.24) is 10.3 Å². The number of aliphatic carboxylic acids is 1. The summed E-state index contributed by atoms with van der Waals surface area (Å²) in [6.07, 6.45) is 2.88. The van der Waals surface area contributed by atoms with Gasteiger partial charge in [-0.3, -0.25) is 9.59 Å². The van der Waals surface area contributed by atoms with Gasteiger partial charge in [-0.1, -0.05) is 29.3 Å². The number of carbonyl (C=O) groups excluding carboxylic acids is 1. The summed E-state index contributed by atoms with van der Waals surface area (Å²) in [5.74, 6) is -1.18. The maximum absolute atomic E-state index is 12.8. The molecule has 1 heterocycles. The molecule has 0 bridgehead atoms. The molecule has 3 N–H and O–H groups in total. The zero-order chi connectivity index (χ0) is 17.3. The van der Waals surface area contributed by atoms with Gasteiger partial charge in [0.25, 0.3) is 5.91 Å². The van der Waals surface area contributed by atoms with Crippen LogP contribution >= 0.6 is 0 Å². The van der Waals surface area contributed by atoms with E-state index < -0.39 is 5.97 Å². The van der Waals surface area contributed by atoms with Crippen LogP contribution in [-0.2, 0) is 11.2 Å². The summed E-state index contributed by atoms with van der Waals surface area (Å²) in [5.41, 5.74) is 4.23. The largest absolute Gasteiger partial charge is 0.481 e. The normalized spacial score (nSPS) is 18.0. The van der Waals surface area contributed by atoms with Gasteiger partial charge in [-0.2, -0.15) is 0 Å². The molecule has 0 saturated carbocycles. The summed E-state index contributed by atoms with van der Waals surface area (Å²) in [5, 5.41) is 13.1. The van der Waals surface area contributed by atoms with Crippen LogP contribution < -0.4 is 5.32 Å². The van der Waals surface area contributed by atoms with Gasteiger partial charge in [0.1, 0.15) is 5.69 Å². The molecule has 1 aromatic heterocycles. The van der Waals surface area contributed by atoms with Crippen molar-refractivity contribution in [3.05, 3.63) is 46.7 Å². The van der Waals surface area contributed by atoms with Crippen LogP contribution in [0.15, 0.2) is 35.4 Å². The minimum atomic E-state index is -0.946. The van der Waals surface area contributed by atoms with E-state index in [4.69, 9.17) is 0 Å². The quantitative estimate of drug-likeness (QED) is 0.753. The summed E-state index contributed by atoms with van der Waals surface area (Å²) < 4.78 is 0. The number of hydrogen-bond acceptors (Lipinski definition) is 2. The summed E-state index contributed by atoms with van der Waals surface area (Å²) in [7, 11) is 0. The predicted octanol–water partition coefficient (Wildman–Crippen LogP) is 3.41. The molecule has 1 aliphatic carbocycles. The number of carboxylic acids is 1. The summed E-state index contributed by atoms with van der Waals surface area (Å²) in [6, 6.07) is 7.43. The summed E-state index contributed by atoms with van der Waals surface area (Å²) >= 11 is 0. The Morgan fingerprint density at radius 1 is 1.29 bits per heavy atom. The highest BCUT2D eigenvalue weighted by Crippen LogP contribution is 2.26. The maximum Gasteiger partial charge on any atom is 0.307 e. The SMILES string of the molecule is CC1=C(C)C(NC(=O)c2[nH]c3ccccc3c2CC(=O)O)CCC1. The highest BCUT2D eigenvalue weighted by molar-refractivity contribution is 6.02. The molecule has 1 aliphatic rings. The molecule has 1 atom stereocenters. The van der Waals surface area contributed by atoms with E-state index in [0.717, 1.165) is 30.2 Å². The highest BCUT2D eigenvalue weighted by atomic mass is 16.4. The molecule has 3 rings (SSSR count). The fourth-order valence-corrected chi connectivity index (χ4v) is 3.42. The number of fused-ring (bicyclic) bond motifs is 1. The standard InChI is InChI=1S/C19H22N2O3/c1-11-6-5-9-15(12(11)2)21-19(24)18-14(10-17(22)23)13-7-3-4-8-16(13)20-18/h3-4,7-8,15,20H,5-6,9-10H2,1-2H3,(H,21,24)(H,22,23). The molecule has 24 heavy (non-hydrogen) atoms. The fraction of sp³-hybridized carbons (Fsp3) is 0.368. The number of para-hydroxylation sites is 1. The van der Waals surface area contributed by atoms with E-state index in [2.05, 4.69) is 24.1 Å². The zero-order valence-electron chi connectivity index (χ0n) is 14.0. The molecule has 126 valence electrons. The van der Waals surface area contributed by atoms with E-state index >= 15 is 0 Å². The smallest absolute Gasteiger partial charge is 0.307 e. The fourth-order valence-electron chi connectivity index (χ4n) is 3.42. The number of carbonyl (C=O) groups is 2. The van der Waals surface area contributed by atoms with Crippen molar-refractivity contribution in [3.63, 3.8) is 0 Å². The second-order valence-electron chi connectivity index (χ2n) is 6.48. The van der Waals surface area contributed by atoms with Gasteiger partial charge in [0.05, 0.1) is 12.5 Å². The molecule has 0 aliphatic heterocycles. The molecule has 5 heteroatoms. The van der Waals surface area contributed by atoms with Crippen molar-refractivity contribution in [3.8, 4) is 0 Å². The third-order valence-electron chi connectivity index (χ3n) is 4.91. The van der Waals surface area contributed by atoms with Gasteiger partial charge >= 0.3 is 5.97 Å². The van der Waals surface area contributed by atoms with Crippen LogP contribution in [0.1, 0.15) is 49.2 Å².